The quantitative estimate of drug-likeness (QED) is 0.929. The van der Waals surface area contributed by atoms with Crippen LogP contribution < -0.4 is 5.73 Å². The van der Waals surface area contributed by atoms with Crippen LogP contribution in [0.1, 0.15) is 30.3 Å². The molecule has 1 aliphatic heterocycles. The van der Waals surface area contributed by atoms with Gasteiger partial charge in [-0.3, -0.25) is 4.79 Å². The minimum Gasteiger partial charge on any atom is -0.337 e. The van der Waals surface area contributed by atoms with Crippen LogP contribution in [0.4, 0.5) is 0 Å². The topological polar surface area (TPSA) is 77.0 Å². The number of nitrogens with zero attached hydrogens (tertiary/aromatic N) is 4. The fraction of sp³-hybridized carbons (Fsp3) is 0.438. The number of likely N-dealkylation sites (tertiary alicyclic amines) is 1. The zero-order valence-electron chi connectivity index (χ0n) is 13.1. The Morgan fingerprint density at radius 3 is 2.52 bits per heavy atom. The maximum absolute atomic E-state index is 12.5. The zero-order chi connectivity index (χ0) is 15.5. The van der Waals surface area contributed by atoms with Crippen molar-refractivity contribution in [1.82, 2.24) is 19.9 Å². The van der Waals surface area contributed by atoms with Gasteiger partial charge < -0.3 is 10.6 Å². The average Bonchev–Trinajstić information content (AvgIpc) is 3.05. The SMILES string of the molecule is CC(N)C1CCN(C(=O)c2cnn(-c3ccccc3)n2)CC1.Cl. The highest BCUT2D eigenvalue weighted by atomic mass is 35.5. The van der Waals surface area contributed by atoms with Crippen LogP contribution in [0.3, 0.4) is 0 Å². The highest BCUT2D eigenvalue weighted by Crippen LogP contribution is 2.20. The van der Waals surface area contributed by atoms with Gasteiger partial charge in [0.15, 0.2) is 5.69 Å². The van der Waals surface area contributed by atoms with Crippen LogP contribution in [0, 0.1) is 5.92 Å². The number of para-hydroxylation sites is 1. The van der Waals surface area contributed by atoms with Gasteiger partial charge in [0.25, 0.3) is 5.91 Å². The van der Waals surface area contributed by atoms with Gasteiger partial charge >= 0.3 is 0 Å². The third-order valence-electron chi connectivity index (χ3n) is 4.27. The van der Waals surface area contributed by atoms with Crippen molar-refractivity contribution >= 4 is 18.3 Å². The van der Waals surface area contributed by atoms with Crippen molar-refractivity contribution in [2.45, 2.75) is 25.8 Å². The summed E-state index contributed by atoms with van der Waals surface area (Å²) in [5, 5.41) is 8.48. The molecule has 2 heterocycles. The molecule has 1 atom stereocenters. The molecule has 0 bridgehead atoms. The van der Waals surface area contributed by atoms with E-state index >= 15 is 0 Å². The molecule has 1 fully saturated rings. The molecule has 0 spiro atoms. The molecule has 1 saturated heterocycles. The smallest absolute Gasteiger partial charge is 0.276 e. The predicted molar refractivity (Wildman–Crippen MR) is 90.9 cm³/mol. The fourth-order valence-corrected chi connectivity index (χ4v) is 2.84. The van der Waals surface area contributed by atoms with E-state index in [1.165, 1.54) is 11.0 Å². The second-order valence-electron chi connectivity index (χ2n) is 5.84. The van der Waals surface area contributed by atoms with E-state index in [9.17, 15) is 4.79 Å². The summed E-state index contributed by atoms with van der Waals surface area (Å²) < 4.78 is 0. The van der Waals surface area contributed by atoms with E-state index in [-0.39, 0.29) is 24.4 Å². The van der Waals surface area contributed by atoms with Crippen molar-refractivity contribution in [2.24, 2.45) is 11.7 Å². The van der Waals surface area contributed by atoms with Crippen molar-refractivity contribution in [3.05, 3.63) is 42.2 Å². The summed E-state index contributed by atoms with van der Waals surface area (Å²) >= 11 is 0. The normalized spacial score (nSPS) is 16.7. The zero-order valence-corrected chi connectivity index (χ0v) is 13.9. The van der Waals surface area contributed by atoms with Crippen molar-refractivity contribution in [3.8, 4) is 5.69 Å². The Bertz CT molecular complexity index is 635. The monoisotopic (exact) mass is 335 g/mol. The highest BCUT2D eigenvalue weighted by molar-refractivity contribution is 5.92. The lowest BCUT2D eigenvalue weighted by Gasteiger charge is -2.33. The van der Waals surface area contributed by atoms with Gasteiger partial charge in [-0.1, -0.05) is 18.2 Å². The fourth-order valence-electron chi connectivity index (χ4n) is 2.84. The maximum atomic E-state index is 12.5. The first-order chi connectivity index (χ1) is 10.6. The second-order valence-corrected chi connectivity index (χ2v) is 5.84. The molecule has 2 N–H and O–H groups in total. The van der Waals surface area contributed by atoms with E-state index in [0.717, 1.165) is 31.6 Å². The Kier molecular flexibility index (Phi) is 5.74. The molecular formula is C16H22ClN5O. The lowest BCUT2D eigenvalue weighted by molar-refractivity contribution is 0.0674. The van der Waals surface area contributed by atoms with Gasteiger partial charge in [0, 0.05) is 19.1 Å². The molecule has 7 heteroatoms. The van der Waals surface area contributed by atoms with E-state index in [0.29, 0.717) is 11.6 Å². The number of rotatable bonds is 3. The van der Waals surface area contributed by atoms with Crippen molar-refractivity contribution < 1.29 is 4.79 Å². The molecule has 124 valence electrons. The lowest BCUT2D eigenvalue weighted by Crippen LogP contribution is -2.42. The summed E-state index contributed by atoms with van der Waals surface area (Å²) in [5.41, 5.74) is 7.17. The van der Waals surface area contributed by atoms with Crippen molar-refractivity contribution in [1.29, 1.82) is 0 Å². The molecule has 2 aromatic rings. The first kappa shape index (κ1) is 17.4. The van der Waals surface area contributed by atoms with Crippen LogP contribution in [0.25, 0.3) is 5.69 Å². The van der Waals surface area contributed by atoms with Crippen molar-refractivity contribution in [2.75, 3.05) is 13.1 Å². The Hall–Kier alpha value is -1.92. The summed E-state index contributed by atoms with van der Waals surface area (Å²) in [6.45, 7) is 3.51. The molecule has 1 aromatic heterocycles. The number of hydrogen-bond acceptors (Lipinski definition) is 4. The first-order valence-electron chi connectivity index (χ1n) is 7.68. The summed E-state index contributed by atoms with van der Waals surface area (Å²) in [7, 11) is 0. The van der Waals surface area contributed by atoms with Gasteiger partial charge in [0.2, 0.25) is 0 Å². The molecule has 1 amide bonds. The van der Waals surface area contributed by atoms with E-state index in [2.05, 4.69) is 10.2 Å². The number of hydrogen-bond donors (Lipinski definition) is 1. The van der Waals surface area contributed by atoms with E-state index in [1.54, 1.807) is 0 Å². The molecular weight excluding hydrogens is 314 g/mol. The van der Waals surface area contributed by atoms with Crippen LogP contribution in [0.5, 0.6) is 0 Å². The number of nitrogens with two attached hydrogens (primary N) is 1. The van der Waals surface area contributed by atoms with Gasteiger partial charge in [-0.15, -0.1) is 17.5 Å². The Balaban J connectivity index is 0.00000192. The Morgan fingerprint density at radius 2 is 1.91 bits per heavy atom. The summed E-state index contributed by atoms with van der Waals surface area (Å²) in [6, 6.07) is 9.76. The molecule has 6 nitrogen and oxygen atoms in total. The van der Waals surface area contributed by atoms with Crippen LogP contribution in [-0.4, -0.2) is 44.9 Å². The Labute approximate surface area is 142 Å². The molecule has 23 heavy (non-hydrogen) atoms. The number of piperidine rings is 1. The van der Waals surface area contributed by atoms with Gasteiger partial charge in [0.05, 0.1) is 11.9 Å². The van der Waals surface area contributed by atoms with E-state index in [4.69, 9.17) is 5.73 Å². The molecule has 1 unspecified atom stereocenters. The van der Waals surface area contributed by atoms with Crippen molar-refractivity contribution in [3.63, 3.8) is 0 Å². The predicted octanol–water partition coefficient (Wildman–Crippen LogP) is 1.89. The van der Waals surface area contributed by atoms with E-state index < -0.39 is 0 Å². The van der Waals surface area contributed by atoms with E-state index in [1.807, 2.05) is 42.2 Å². The summed E-state index contributed by atoms with van der Waals surface area (Å²) in [5.74, 6) is 0.453. The molecule has 0 aliphatic carbocycles. The number of benzene rings is 1. The third kappa shape index (κ3) is 3.89. The number of amides is 1. The minimum atomic E-state index is -0.0506. The van der Waals surface area contributed by atoms with Gasteiger partial charge in [-0.25, -0.2) is 0 Å². The average molecular weight is 336 g/mol. The summed E-state index contributed by atoms with van der Waals surface area (Å²) in [6.07, 6.45) is 3.44. The molecule has 1 aliphatic rings. The standard InChI is InChI=1S/C16H21N5O.ClH/c1-12(17)13-7-9-20(10-8-13)16(22)15-11-18-21(19-15)14-5-3-2-4-6-14;/h2-6,11-13H,7-10,17H2,1H3;1H. The van der Waals surface area contributed by atoms with Gasteiger partial charge in [-0.2, -0.15) is 9.90 Å². The number of carbonyl (C=O) groups excluding carboxylic acids is 1. The molecule has 0 radical (unpaired) electrons. The number of aromatic nitrogens is 3. The Morgan fingerprint density at radius 1 is 1.26 bits per heavy atom. The van der Waals surface area contributed by atoms with Crippen LogP contribution in [-0.2, 0) is 0 Å². The maximum Gasteiger partial charge on any atom is 0.276 e. The van der Waals surface area contributed by atoms with Gasteiger partial charge in [-0.05, 0) is 37.8 Å². The number of carbonyl (C=O) groups is 1. The first-order valence-corrected chi connectivity index (χ1v) is 7.68. The van der Waals surface area contributed by atoms with Crippen LogP contribution in [0.15, 0.2) is 36.5 Å². The minimum absolute atomic E-state index is 0. The lowest BCUT2D eigenvalue weighted by atomic mass is 9.91. The van der Waals surface area contributed by atoms with Crippen LogP contribution >= 0.6 is 12.4 Å². The second kappa shape index (κ2) is 7.57. The summed E-state index contributed by atoms with van der Waals surface area (Å²) in [4.78, 5) is 15.8. The third-order valence-corrected chi connectivity index (χ3v) is 4.27. The molecule has 0 saturated carbocycles. The number of halogens is 1. The van der Waals surface area contributed by atoms with Gasteiger partial charge in [0.1, 0.15) is 0 Å². The molecule has 3 rings (SSSR count). The molecule has 1 aromatic carbocycles. The van der Waals surface area contributed by atoms with Crippen LogP contribution in [0.2, 0.25) is 0 Å². The largest absolute Gasteiger partial charge is 0.337 e. The highest BCUT2D eigenvalue weighted by Gasteiger charge is 2.26.